The van der Waals surface area contributed by atoms with Gasteiger partial charge in [0.15, 0.2) is 0 Å². The molecule has 7 nitrogen and oxygen atoms in total. The van der Waals surface area contributed by atoms with Crippen molar-refractivity contribution in [1.82, 2.24) is 15.5 Å². The van der Waals surface area contributed by atoms with Gasteiger partial charge >= 0.3 is 6.03 Å². The Bertz CT molecular complexity index is 559. The molecule has 0 radical (unpaired) electrons. The van der Waals surface area contributed by atoms with Crippen molar-refractivity contribution in [2.24, 2.45) is 5.73 Å². The average Bonchev–Trinajstić information content (AvgIpc) is 2.70. The smallest absolute Gasteiger partial charge is 0.317 e. The molecular formula is C14H18N4O3. The van der Waals surface area contributed by atoms with E-state index in [2.05, 4.69) is 10.6 Å². The third-order valence-corrected chi connectivity index (χ3v) is 3.26. The molecule has 112 valence electrons. The fourth-order valence-electron chi connectivity index (χ4n) is 2.09. The van der Waals surface area contributed by atoms with Crippen molar-refractivity contribution in [2.45, 2.75) is 13.0 Å². The molecule has 0 saturated carbocycles. The third kappa shape index (κ3) is 4.20. The van der Waals surface area contributed by atoms with Crippen molar-refractivity contribution in [3.05, 3.63) is 35.4 Å². The van der Waals surface area contributed by atoms with Gasteiger partial charge < -0.3 is 21.3 Å². The van der Waals surface area contributed by atoms with Crippen LogP contribution in [0.25, 0.3) is 0 Å². The monoisotopic (exact) mass is 290 g/mol. The lowest BCUT2D eigenvalue weighted by Gasteiger charge is -2.20. The van der Waals surface area contributed by atoms with Crippen LogP contribution < -0.4 is 16.4 Å². The van der Waals surface area contributed by atoms with Crippen molar-refractivity contribution < 1.29 is 14.4 Å². The summed E-state index contributed by atoms with van der Waals surface area (Å²) < 4.78 is 0. The maximum absolute atomic E-state index is 12.0. The van der Waals surface area contributed by atoms with Gasteiger partial charge in [0, 0.05) is 38.2 Å². The summed E-state index contributed by atoms with van der Waals surface area (Å²) in [5.41, 5.74) is 6.42. The van der Waals surface area contributed by atoms with E-state index >= 15 is 0 Å². The number of carbonyl (C=O) groups excluding carboxylic acids is 3. The highest BCUT2D eigenvalue weighted by molar-refractivity contribution is 5.92. The van der Waals surface area contributed by atoms with Crippen LogP contribution in [0, 0.1) is 0 Å². The minimum atomic E-state index is -0.500. The second-order valence-electron chi connectivity index (χ2n) is 4.81. The van der Waals surface area contributed by atoms with Crippen LogP contribution in [0.3, 0.4) is 0 Å². The molecule has 1 heterocycles. The lowest BCUT2D eigenvalue weighted by Crippen LogP contribution is -2.41. The molecule has 1 aliphatic heterocycles. The second-order valence-corrected chi connectivity index (χ2v) is 4.81. The number of nitrogens with zero attached hydrogens (tertiary/aromatic N) is 1. The van der Waals surface area contributed by atoms with Crippen LogP contribution in [-0.4, -0.2) is 42.4 Å². The van der Waals surface area contributed by atoms with Crippen molar-refractivity contribution >= 4 is 17.8 Å². The van der Waals surface area contributed by atoms with Crippen LogP contribution in [0.15, 0.2) is 24.3 Å². The van der Waals surface area contributed by atoms with E-state index in [9.17, 15) is 14.4 Å². The predicted molar refractivity (Wildman–Crippen MR) is 76.4 cm³/mol. The second kappa shape index (κ2) is 6.74. The summed E-state index contributed by atoms with van der Waals surface area (Å²) in [6.45, 7) is 1.65. The number of nitrogens with two attached hydrogens (primary N) is 1. The number of amides is 4. The Kier molecular flexibility index (Phi) is 4.76. The highest BCUT2D eigenvalue weighted by Crippen LogP contribution is 2.05. The number of carbonyl (C=O) groups is 3. The minimum absolute atomic E-state index is 0.0422. The standard InChI is InChI=1S/C14H18N4O3/c15-13(20)11-3-1-2-10(8-11)9-17-14(21)18-6-4-12(19)16-5-7-18/h1-3,8H,4-7,9H2,(H2,15,20)(H,16,19)(H,17,21). The SMILES string of the molecule is NC(=O)c1cccc(CNC(=O)N2CCNC(=O)CC2)c1. The fourth-order valence-corrected chi connectivity index (χ4v) is 2.09. The van der Waals surface area contributed by atoms with Gasteiger partial charge in [-0.25, -0.2) is 4.79 Å². The van der Waals surface area contributed by atoms with E-state index in [1.165, 1.54) is 0 Å². The number of hydrogen-bond acceptors (Lipinski definition) is 3. The number of nitrogens with one attached hydrogen (secondary N) is 2. The molecule has 1 aliphatic rings. The molecule has 21 heavy (non-hydrogen) atoms. The third-order valence-electron chi connectivity index (χ3n) is 3.26. The molecule has 1 aromatic carbocycles. The van der Waals surface area contributed by atoms with Crippen LogP contribution in [0.4, 0.5) is 4.79 Å². The minimum Gasteiger partial charge on any atom is -0.366 e. The molecule has 0 unspecified atom stereocenters. The van der Waals surface area contributed by atoms with Crippen LogP contribution in [-0.2, 0) is 11.3 Å². The Morgan fingerprint density at radius 1 is 1.33 bits per heavy atom. The molecule has 0 atom stereocenters. The summed E-state index contributed by atoms with van der Waals surface area (Å²) in [6, 6.07) is 6.57. The van der Waals surface area contributed by atoms with Crippen molar-refractivity contribution in [1.29, 1.82) is 0 Å². The Balaban J connectivity index is 1.90. The molecule has 4 N–H and O–H groups in total. The summed E-state index contributed by atoms with van der Waals surface area (Å²) in [6.07, 6.45) is 0.310. The summed E-state index contributed by atoms with van der Waals surface area (Å²) >= 11 is 0. The quantitative estimate of drug-likeness (QED) is 0.719. The topological polar surface area (TPSA) is 105 Å². The average molecular weight is 290 g/mol. The molecule has 7 heteroatoms. The van der Waals surface area contributed by atoms with E-state index in [0.29, 0.717) is 38.2 Å². The van der Waals surface area contributed by atoms with Gasteiger partial charge in [0.05, 0.1) is 0 Å². The Morgan fingerprint density at radius 3 is 2.90 bits per heavy atom. The van der Waals surface area contributed by atoms with Crippen LogP contribution in [0.1, 0.15) is 22.3 Å². The number of rotatable bonds is 3. The Hall–Kier alpha value is -2.57. The van der Waals surface area contributed by atoms with Crippen LogP contribution >= 0.6 is 0 Å². The Labute approximate surface area is 122 Å². The van der Waals surface area contributed by atoms with E-state index in [0.717, 1.165) is 5.56 Å². The van der Waals surface area contributed by atoms with Gasteiger partial charge in [0.25, 0.3) is 0 Å². The molecular weight excluding hydrogens is 272 g/mol. The summed E-state index contributed by atoms with van der Waals surface area (Å²) in [4.78, 5) is 35.9. The number of primary amides is 1. The van der Waals surface area contributed by atoms with Gasteiger partial charge in [-0.3, -0.25) is 9.59 Å². The van der Waals surface area contributed by atoms with E-state index in [4.69, 9.17) is 5.73 Å². The number of benzene rings is 1. The van der Waals surface area contributed by atoms with Gasteiger partial charge in [0.1, 0.15) is 0 Å². The molecule has 1 aromatic rings. The van der Waals surface area contributed by atoms with Crippen molar-refractivity contribution in [3.63, 3.8) is 0 Å². The summed E-state index contributed by atoms with van der Waals surface area (Å²) in [7, 11) is 0. The first-order valence-corrected chi connectivity index (χ1v) is 6.74. The zero-order valence-electron chi connectivity index (χ0n) is 11.6. The number of hydrogen-bond donors (Lipinski definition) is 3. The lowest BCUT2D eigenvalue weighted by molar-refractivity contribution is -0.120. The van der Waals surface area contributed by atoms with Crippen molar-refractivity contribution in [2.75, 3.05) is 19.6 Å². The first kappa shape index (κ1) is 14.8. The van der Waals surface area contributed by atoms with Crippen LogP contribution in [0.5, 0.6) is 0 Å². The highest BCUT2D eigenvalue weighted by Gasteiger charge is 2.17. The fraction of sp³-hybridized carbons (Fsp3) is 0.357. The molecule has 1 fully saturated rings. The first-order chi connectivity index (χ1) is 10.1. The lowest BCUT2D eigenvalue weighted by atomic mass is 10.1. The van der Waals surface area contributed by atoms with Gasteiger partial charge in [-0.1, -0.05) is 12.1 Å². The first-order valence-electron chi connectivity index (χ1n) is 6.74. The van der Waals surface area contributed by atoms with E-state index in [-0.39, 0.29) is 11.9 Å². The molecule has 1 saturated heterocycles. The molecule has 0 aliphatic carbocycles. The van der Waals surface area contributed by atoms with Crippen molar-refractivity contribution in [3.8, 4) is 0 Å². The highest BCUT2D eigenvalue weighted by atomic mass is 16.2. The van der Waals surface area contributed by atoms with E-state index in [1.54, 1.807) is 29.2 Å². The van der Waals surface area contributed by atoms with E-state index in [1.807, 2.05) is 0 Å². The zero-order valence-corrected chi connectivity index (χ0v) is 11.6. The van der Waals surface area contributed by atoms with E-state index < -0.39 is 5.91 Å². The van der Waals surface area contributed by atoms with Gasteiger partial charge in [-0.05, 0) is 17.7 Å². The normalized spacial score (nSPS) is 15.0. The molecule has 0 aromatic heterocycles. The van der Waals surface area contributed by atoms with Crippen LogP contribution in [0.2, 0.25) is 0 Å². The molecule has 0 bridgehead atoms. The largest absolute Gasteiger partial charge is 0.366 e. The van der Waals surface area contributed by atoms with Gasteiger partial charge in [-0.15, -0.1) is 0 Å². The maximum Gasteiger partial charge on any atom is 0.317 e. The molecule has 4 amide bonds. The molecule has 0 spiro atoms. The molecule has 2 rings (SSSR count). The zero-order chi connectivity index (χ0) is 15.2. The summed E-state index contributed by atoms with van der Waals surface area (Å²) in [5, 5.41) is 5.48. The number of urea groups is 1. The van der Waals surface area contributed by atoms with Gasteiger partial charge in [0.2, 0.25) is 11.8 Å². The predicted octanol–water partition coefficient (Wildman–Crippen LogP) is -0.183. The Morgan fingerprint density at radius 2 is 2.14 bits per heavy atom. The summed E-state index contributed by atoms with van der Waals surface area (Å²) in [5.74, 6) is -0.542. The maximum atomic E-state index is 12.0. The van der Waals surface area contributed by atoms with Gasteiger partial charge in [-0.2, -0.15) is 0 Å².